The molecule has 8 heteroatoms. The molecule has 6 nitrogen and oxygen atoms in total. The molecule has 1 heterocycles. The van der Waals surface area contributed by atoms with Gasteiger partial charge in [-0.15, -0.1) is 0 Å². The van der Waals surface area contributed by atoms with Crippen molar-refractivity contribution < 1.29 is 17.6 Å². The number of anilines is 1. The first-order chi connectivity index (χ1) is 9.77. The lowest BCUT2D eigenvalue weighted by Gasteiger charge is -2.10. The lowest BCUT2D eigenvalue weighted by molar-refractivity contribution is 0.102. The third-order valence-corrected chi connectivity index (χ3v) is 3.66. The zero-order chi connectivity index (χ0) is 15.6. The molecular weight excluding hydrogens is 297 g/mol. The molecule has 1 aromatic heterocycles. The molecule has 0 atom stereocenters. The summed E-state index contributed by atoms with van der Waals surface area (Å²) in [6, 6.07) is 5.12. The van der Waals surface area contributed by atoms with E-state index in [1.165, 1.54) is 24.4 Å². The number of amides is 1. The Morgan fingerprint density at radius 1 is 1.29 bits per heavy atom. The van der Waals surface area contributed by atoms with Crippen LogP contribution >= 0.6 is 0 Å². The van der Waals surface area contributed by atoms with E-state index < -0.39 is 21.7 Å². The predicted octanol–water partition coefficient (Wildman–Crippen LogP) is 1.43. The molecular formula is C13H12FN3O3S. The number of nitrogens with zero attached hydrogens (tertiary/aromatic N) is 1. The summed E-state index contributed by atoms with van der Waals surface area (Å²) < 4.78 is 35.6. The van der Waals surface area contributed by atoms with Gasteiger partial charge in [0.25, 0.3) is 5.91 Å². The van der Waals surface area contributed by atoms with Crippen molar-refractivity contribution in [1.82, 2.24) is 4.98 Å². The molecule has 0 aliphatic heterocycles. The quantitative estimate of drug-likeness (QED) is 0.895. The van der Waals surface area contributed by atoms with E-state index in [1.807, 2.05) is 0 Å². The minimum Gasteiger partial charge on any atom is -0.322 e. The van der Waals surface area contributed by atoms with Gasteiger partial charge in [0.1, 0.15) is 5.82 Å². The molecule has 0 fully saturated rings. The van der Waals surface area contributed by atoms with Crippen LogP contribution in [0.1, 0.15) is 15.9 Å². The number of aromatic nitrogens is 1. The topological polar surface area (TPSA) is 102 Å². The van der Waals surface area contributed by atoms with Crippen LogP contribution in [-0.4, -0.2) is 19.3 Å². The van der Waals surface area contributed by atoms with Crippen molar-refractivity contribution in [1.29, 1.82) is 0 Å². The highest BCUT2D eigenvalue weighted by Gasteiger charge is 2.13. The second-order valence-electron chi connectivity index (χ2n) is 4.37. The Bertz CT molecular complexity index is 806. The zero-order valence-corrected chi connectivity index (χ0v) is 11.8. The molecule has 0 saturated carbocycles. The Hall–Kier alpha value is -2.32. The van der Waals surface area contributed by atoms with Crippen LogP contribution in [-0.2, 0) is 10.0 Å². The Morgan fingerprint density at radius 3 is 2.62 bits per heavy atom. The van der Waals surface area contributed by atoms with E-state index in [0.29, 0.717) is 5.56 Å². The number of hydrogen-bond donors (Lipinski definition) is 2. The van der Waals surface area contributed by atoms with Gasteiger partial charge < -0.3 is 5.32 Å². The van der Waals surface area contributed by atoms with Gasteiger partial charge in [-0.1, -0.05) is 6.07 Å². The average molecular weight is 309 g/mol. The van der Waals surface area contributed by atoms with Gasteiger partial charge in [0.2, 0.25) is 10.0 Å². The van der Waals surface area contributed by atoms with E-state index in [4.69, 9.17) is 5.14 Å². The summed E-state index contributed by atoms with van der Waals surface area (Å²) in [5.41, 5.74) is 0.936. The fraction of sp³-hybridized carbons (Fsp3) is 0.0769. The monoisotopic (exact) mass is 309 g/mol. The van der Waals surface area contributed by atoms with Crippen molar-refractivity contribution in [3.63, 3.8) is 0 Å². The first-order valence-corrected chi connectivity index (χ1v) is 7.37. The lowest BCUT2D eigenvalue weighted by atomic mass is 10.2. The third kappa shape index (κ3) is 3.61. The van der Waals surface area contributed by atoms with Crippen molar-refractivity contribution in [3.8, 4) is 0 Å². The van der Waals surface area contributed by atoms with Crippen LogP contribution < -0.4 is 10.5 Å². The highest BCUT2D eigenvalue weighted by atomic mass is 32.2. The minimum absolute atomic E-state index is 0.0235. The molecule has 0 unspecified atom stereocenters. The highest BCUT2D eigenvalue weighted by molar-refractivity contribution is 7.89. The van der Waals surface area contributed by atoms with Gasteiger partial charge >= 0.3 is 0 Å². The van der Waals surface area contributed by atoms with Crippen LogP contribution in [0.4, 0.5) is 10.1 Å². The lowest BCUT2D eigenvalue weighted by Crippen LogP contribution is -2.16. The standard InChI is InChI=1S/C13H12FN3O3S/c1-8-2-3-11(21(15,19)20)5-12(8)17-13(18)9-4-10(14)7-16-6-9/h2-7H,1H3,(H,17,18)(H2,15,19,20). The van der Waals surface area contributed by atoms with Crippen molar-refractivity contribution >= 4 is 21.6 Å². The number of sulfonamides is 1. The summed E-state index contributed by atoms with van der Waals surface area (Å²) in [5, 5.41) is 7.54. The van der Waals surface area contributed by atoms with Gasteiger partial charge in [-0.25, -0.2) is 17.9 Å². The molecule has 0 spiro atoms. The van der Waals surface area contributed by atoms with Gasteiger partial charge in [-0.05, 0) is 30.7 Å². The number of benzene rings is 1. The fourth-order valence-electron chi connectivity index (χ4n) is 1.64. The highest BCUT2D eigenvalue weighted by Crippen LogP contribution is 2.20. The smallest absolute Gasteiger partial charge is 0.257 e. The van der Waals surface area contributed by atoms with Gasteiger partial charge in [-0.2, -0.15) is 0 Å². The third-order valence-electron chi connectivity index (χ3n) is 2.75. The number of carbonyl (C=O) groups is 1. The van der Waals surface area contributed by atoms with Crippen molar-refractivity contribution in [2.75, 3.05) is 5.32 Å². The van der Waals surface area contributed by atoms with Crippen molar-refractivity contribution in [3.05, 3.63) is 53.6 Å². The SMILES string of the molecule is Cc1ccc(S(N)(=O)=O)cc1NC(=O)c1cncc(F)c1. The fourth-order valence-corrected chi connectivity index (χ4v) is 2.18. The number of nitrogens with two attached hydrogens (primary N) is 1. The summed E-state index contributed by atoms with van der Waals surface area (Å²) in [6.45, 7) is 1.69. The second-order valence-corrected chi connectivity index (χ2v) is 5.93. The Kier molecular flexibility index (Phi) is 4.01. The van der Waals surface area contributed by atoms with Crippen LogP contribution in [0.25, 0.3) is 0 Å². The minimum atomic E-state index is -3.87. The van der Waals surface area contributed by atoms with E-state index in [2.05, 4.69) is 10.3 Å². The summed E-state index contributed by atoms with van der Waals surface area (Å²) in [6.07, 6.45) is 2.18. The summed E-state index contributed by atoms with van der Waals surface area (Å²) in [7, 11) is -3.87. The number of hydrogen-bond acceptors (Lipinski definition) is 4. The maximum atomic E-state index is 13.0. The second kappa shape index (κ2) is 5.58. The number of aryl methyl sites for hydroxylation is 1. The molecule has 110 valence electrons. The van der Waals surface area contributed by atoms with Crippen LogP contribution in [0, 0.1) is 12.7 Å². The Balaban J connectivity index is 2.33. The molecule has 3 N–H and O–H groups in total. The van der Waals surface area contributed by atoms with E-state index in [9.17, 15) is 17.6 Å². The molecule has 1 amide bonds. The molecule has 0 aliphatic carbocycles. The average Bonchev–Trinajstić information content (AvgIpc) is 2.40. The summed E-state index contributed by atoms with van der Waals surface area (Å²) in [4.78, 5) is 15.4. The van der Waals surface area contributed by atoms with Crippen LogP contribution in [0.3, 0.4) is 0 Å². The van der Waals surface area contributed by atoms with Gasteiger partial charge in [0.05, 0.1) is 16.7 Å². The van der Waals surface area contributed by atoms with E-state index >= 15 is 0 Å². The first-order valence-electron chi connectivity index (χ1n) is 5.83. The summed E-state index contributed by atoms with van der Waals surface area (Å²) >= 11 is 0. The zero-order valence-electron chi connectivity index (χ0n) is 11.0. The molecule has 1 aromatic carbocycles. The number of carbonyl (C=O) groups excluding carboxylic acids is 1. The maximum Gasteiger partial charge on any atom is 0.257 e. The van der Waals surface area contributed by atoms with Crippen molar-refractivity contribution in [2.24, 2.45) is 5.14 Å². The largest absolute Gasteiger partial charge is 0.322 e. The van der Waals surface area contributed by atoms with Gasteiger partial charge in [-0.3, -0.25) is 9.78 Å². The van der Waals surface area contributed by atoms with Gasteiger partial charge in [0.15, 0.2) is 0 Å². The Morgan fingerprint density at radius 2 is 2.00 bits per heavy atom. The molecule has 2 aromatic rings. The predicted molar refractivity (Wildman–Crippen MR) is 74.7 cm³/mol. The number of pyridine rings is 1. The van der Waals surface area contributed by atoms with E-state index in [-0.39, 0.29) is 16.1 Å². The molecule has 0 saturated heterocycles. The molecule has 0 radical (unpaired) electrons. The van der Waals surface area contributed by atoms with E-state index in [0.717, 1.165) is 12.3 Å². The number of primary sulfonamides is 1. The van der Waals surface area contributed by atoms with Crippen LogP contribution in [0.15, 0.2) is 41.6 Å². The molecule has 21 heavy (non-hydrogen) atoms. The first kappa shape index (κ1) is 15.1. The number of halogens is 1. The van der Waals surface area contributed by atoms with Gasteiger partial charge in [0, 0.05) is 11.9 Å². The number of rotatable bonds is 3. The van der Waals surface area contributed by atoms with Crippen LogP contribution in [0.2, 0.25) is 0 Å². The molecule has 0 aliphatic rings. The van der Waals surface area contributed by atoms with E-state index in [1.54, 1.807) is 6.92 Å². The normalized spacial score (nSPS) is 11.2. The summed E-state index contributed by atoms with van der Waals surface area (Å²) in [5.74, 6) is -1.24. The molecule has 0 bridgehead atoms. The van der Waals surface area contributed by atoms with Crippen LogP contribution in [0.5, 0.6) is 0 Å². The maximum absolute atomic E-state index is 13.0. The molecule has 2 rings (SSSR count). The Labute approximate surface area is 120 Å². The number of nitrogens with one attached hydrogen (secondary N) is 1. The van der Waals surface area contributed by atoms with Crippen molar-refractivity contribution in [2.45, 2.75) is 11.8 Å².